The van der Waals surface area contributed by atoms with Crippen molar-refractivity contribution in [3.63, 3.8) is 0 Å². The van der Waals surface area contributed by atoms with Crippen LogP contribution in [0.2, 0.25) is 0 Å². The molecule has 2 aromatic rings. The summed E-state index contributed by atoms with van der Waals surface area (Å²) in [4.78, 5) is 72.5. The van der Waals surface area contributed by atoms with Crippen molar-refractivity contribution >= 4 is 46.7 Å². The number of likely N-dealkylation sites (N-methyl/N-ethyl adjacent to an activating group) is 1. The molecule has 0 radical (unpaired) electrons. The van der Waals surface area contributed by atoms with Gasteiger partial charge in [0.25, 0.3) is 17.7 Å². The van der Waals surface area contributed by atoms with Gasteiger partial charge in [0.05, 0.1) is 19.7 Å². The quantitative estimate of drug-likeness (QED) is 0.352. The van der Waals surface area contributed by atoms with Gasteiger partial charge in [-0.15, -0.1) is 0 Å². The highest BCUT2D eigenvalue weighted by Crippen LogP contribution is 2.26. The van der Waals surface area contributed by atoms with Gasteiger partial charge in [0, 0.05) is 50.5 Å². The highest BCUT2D eigenvalue weighted by atomic mass is 16.6. The molecule has 2 heterocycles. The van der Waals surface area contributed by atoms with E-state index in [2.05, 4.69) is 10.2 Å². The fourth-order valence-corrected chi connectivity index (χ4v) is 5.15. The summed E-state index contributed by atoms with van der Waals surface area (Å²) in [5.74, 6) is -2.64. The van der Waals surface area contributed by atoms with E-state index in [9.17, 15) is 24.0 Å². The Hall–Kier alpha value is -4.76. The van der Waals surface area contributed by atoms with Crippen LogP contribution in [0.15, 0.2) is 42.5 Å². The molecule has 0 bridgehead atoms. The van der Waals surface area contributed by atoms with Crippen LogP contribution in [0.25, 0.3) is 4.85 Å². The maximum absolute atomic E-state index is 13.6. The van der Waals surface area contributed by atoms with Crippen molar-refractivity contribution in [2.75, 3.05) is 50.1 Å². The Balaban J connectivity index is 1.50. The van der Waals surface area contributed by atoms with Gasteiger partial charge in [0.15, 0.2) is 11.8 Å². The van der Waals surface area contributed by atoms with Crippen molar-refractivity contribution in [2.45, 2.75) is 45.3 Å². The van der Waals surface area contributed by atoms with Gasteiger partial charge in [0.1, 0.15) is 0 Å². The van der Waals surface area contributed by atoms with Crippen LogP contribution in [0.1, 0.15) is 42.6 Å². The second-order valence-corrected chi connectivity index (χ2v) is 10.4. The first-order valence-electron chi connectivity index (χ1n) is 14.2. The number of rotatable bonds is 9. The maximum Gasteiger partial charge on any atom is 0.303 e. The molecule has 1 N–H and O–H groups in total. The predicted molar refractivity (Wildman–Crippen MR) is 158 cm³/mol. The smallest absolute Gasteiger partial charge is 0.303 e. The molecule has 0 spiro atoms. The minimum atomic E-state index is -1.59. The zero-order valence-corrected chi connectivity index (χ0v) is 24.5. The van der Waals surface area contributed by atoms with Crippen LogP contribution in [-0.2, 0) is 35.1 Å². The molecule has 12 nitrogen and oxygen atoms in total. The molecule has 2 aliphatic heterocycles. The van der Waals surface area contributed by atoms with Gasteiger partial charge in [0.2, 0.25) is 12.0 Å². The van der Waals surface area contributed by atoms with E-state index >= 15 is 0 Å². The summed E-state index contributed by atoms with van der Waals surface area (Å²) < 4.78 is 11.0. The Morgan fingerprint density at radius 2 is 1.88 bits per heavy atom. The van der Waals surface area contributed by atoms with E-state index in [0.29, 0.717) is 36.6 Å². The first-order chi connectivity index (χ1) is 20.6. The molecular formula is C31H35N5O7. The van der Waals surface area contributed by atoms with E-state index in [4.69, 9.17) is 16.0 Å². The lowest BCUT2D eigenvalue weighted by Crippen LogP contribution is -2.56. The number of anilines is 2. The standard InChI is InChI=1S/C31H35N5O7/c1-5-21-17-23(11-12-25(21)32-3)33-29(39)27(43-20(2)37)28-31(41)36(15-16-42-28)24-10-8-9-22(18-24)30(40)34(4)19-26(38)35-13-6-7-14-35/h8-12,17-18,27-28H,5-7,13-16,19H2,1-2,4H3,(H,33,39)/t27-,28-/m1/s1. The maximum atomic E-state index is 13.6. The van der Waals surface area contributed by atoms with Crippen molar-refractivity contribution < 1.29 is 33.4 Å². The number of nitrogens with zero attached hydrogens (tertiary/aromatic N) is 4. The molecule has 4 amide bonds. The largest absolute Gasteiger partial charge is 0.449 e. The zero-order valence-electron chi connectivity index (χ0n) is 24.5. The number of nitrogens with one attached hydrogen (secondary N) is 1. The lowest BCUT2D eigenvalue weighted by Gasteiger charge is -2.35. The molecule has 0 saturated carbocycles. The second kappa shape index (κ2) is 13.9. The summed E-state index contributed by atoms with van der Waals surface area (Å²) >= 11 is 0. The van der Waals surface area contributed by atoms with E-state index in [-0.39, 0.29) is 37.1 Å². The van der Waals surface area contributed by atoms with Crippen LogP contribution in [0.4, 0.5) is 17.1 Å². The molecule has 0 unspecified atom stereocenters. The number of esters is 1. The topological polar surface area (TPSA) is 130 Å². The van der Waals surface area contributed by atoms with E-state index in [1.54, 1.807) is 54.4 Å². The minimum Gasteiger partial charge on any atom is -0.449 e. The van der Waals surface area contributed by atoms with E-state index in [0.717, 1.165) is 25.3 Å². The average Bonchev–Trinajstić information content (AvgIpc) is 3.55. The Morgan fingerprint density at radius 1 is 1.14 bits per heavy atom. The van der Waals surface area contributed by atoms with Gasteiger partial charge >= 0.3 is 5.97 Å². The van der Waals surface area contributed by atoms with Gasteiger partial charge in [-0.3, -0.25) is 24.0 Å². The Morgan fingerprint density at radius 3 is 2.56 bits per heavy atom. The predicted octanol–water partition coefficient (Wildman–Crippen LogP) is 2.80. The molecule has 2 fully saturated rings. The zero-order chi connectivity index (χ0) is 31.1. The monoisotopic (exact) mass is 589 g/mol. The molecule has 226 valence electrons. The van der Waals surface area contributed by atoms with Crippen molar-refractivity contribution in [1.29, 1.82) is 0 Å². The summed E-state index contributed by atoms with van der Waals surface area (Å²) in [6.45, 7) is 11.8. The summed E-state index contributed by atoms with van der Waals surface area (Å²) in [7, 11) is 1.56. The number of ether oxygens (including phenoxy) is 2. The van der Waals surface area contributed by atoms with Gasteiger partial charge < -0.3 is 29.5 Å². The van der Waals surface area contributed by atoms with Gasteiger partial charge in [-0.1, -0.05) is 19.1 Å². The fourth-order valence-electron chi connectivity index (χ4n) is 5.15. The fraction of sp³-hybridized carbons (Fsp3) is 0.419. The molecule has 2 aliphatic rings. The lowest BCUT2D eigenvalue weighted by molar-refractivity contribution is -0.167. The van der Waals surface area contributed by atoms with Gasteiger partial charge in [-0.2, -0.15) is 0 Å². The first kappa shape index (κ1) is 31.2. The van der Waals surface area contributed by atoms with E-state index in [1.807, 2.05) is 6.92 Å². The van der Waals surface area contributed by atoms with E-state index in [1.165, 1.54) is 9.80 Å². The summed E-state index contributed by atoms with van der Waals surface area (Å²) in [6.07, 6.45) is -0.552. The van der Waals surface area contributed by atoms with Crippen molar-refractivity contribution in [2.24, 2.45) is 0 Å². The third kappa shape index (κ3) is 7.37. The number of carbonyl (C=O) groups is 5. The summed E-state index contributed by atoms with van der Waals surface area (Å²) in [6, 6.07) is 11.2. The highest BCUT2D eigenvalue weighted by Gasteiger charge is 2.42. The molecular weight excluding hydrogens is 554 g/mol. The van der Waals surface area contributed by atoms with Crippen LogP contribution in [-0.4, -0.2) is 91.4 Å². The number of benzene rings is 2. The number of aryl methyl sites for hydroxylation is 1. The molecule has 0 aromatic heterocycles. The Bertz CT molecular complexity index is 1450. The normalized spacial score (nSPS) is 17.2. The highest BCUT2D eigenvalue weighted by molar-refractivity contribution is 6.05. The minimum absolute atomic E-state index is 0.0452. The van der Waals surface area contributed by atoms with Crippen molar-refractivity contribution in [3.8, 4) is 0 Å². The molecule has 2 atom stereocenters. The lowest BCUT2D eigenvalue weighted by atomic mass is 10.1. The number of hydrogen-bond donors (Lipinski definition) is 1. The summed E-state index contributed by atoms with van der Waals surface area (Å²) in [5.41, 5.74) is 2.25. The van der Waals surface area contributed by atoms with Crippen LogP contribution in [0, 0.1) is 6.57 Å². The first-order valence-corrected chi connectivity index (χ1v) is 14.2. The average molecular weight is 590 g/mol. The SMILES string of the molecule is [C-]#[N+]c1ccc(NC(=O)[C@H](OC(C)=O)[C@H]2OCCN(c3cccc(C(=O)N(C)CC(=O)N4CCCC4)c3)C2=O)cc1CC. The molecule has 4 rings (SSSR count). The van der Waals surface area contributed by atoms with E-state index < -0.39 is 30.0 Å². The molecule has 0 aliphatic carbocycles. The number of hydrogen-bond acceptors (Lipinski definition) is 7. The van der Waals surface area contributed by atoms with Crippen molar-refractivity contribution in [1.82, 2.24) is 9.80 Å². The molecule has 2 saturated heterocycles. The van der Waals surface area contributed by atoms with Gasteiger partial charge in [-0.05, 0) is 55.2 Å². The number of amides is 4. The van der Waals surface area contributed by atoms with Crippen LogP contribution in [0.5, 0.6) is 0 Å². The molecule has 2 aromatic carbocycles. The number of carbonyl (C=O) groups excluding carboxylic acids is 5. The van der Waals surface area contributed by atoms with Crippen LogP contribution >= 0.6 is 0 Å². The summed E-state index contributed by atoms with van der Waals surface area (Å²) in [5, 5.41) is 2.67. The van der Waals surface area contributed by atoms with Crippen LogP contribution < -0.4 is 10.2 Å². The van der Waals surface area contributed by atoms with Crippen molar-refractivity contribution in [3.05, 3.63) is 65.0 Å². The number of likely N-dealkylation sites (tertiary alicyclic amines) is 1. The third-order valence-corrected chi connectivity index (χ3v) is 7.38. The van der Waals surface area contributed by atoms with Crippen LogP contribution in [0.3, 0.4) is 0 Å². The molecule has 43 heavy (non-hydrogen) atoms. The molecule has 12 heteroatoms. The second-order valence-electron chi connectivity index (χ2n) is 10.4. The Labute approximate surface area is 250 Å². The number of morpholine rings is 1. The Kier molecular flexibility index (Phi) is 10.1. The third-order valence-electron chi connectivity index (χ3n) is 7.38. The van der Waals surface area contributed by atoms with Gasteiger partial charge in [-0.25, -0.2) is 4.85 Å².